The molecule has 0 fully saturated rings. The third kappa shape index (κ3) is 4.23. The lowest BCUT2D eigenvalue weighted by molar-refractivity contribution is -0.391. The van der Waals surface area contributed by atoms with Gasteiger partial charge in [-0.15, -0.1) is 13.2 Å². The molecule has 12 heteroatoms. The van der Waals surface area contributed by atoms with Crippen LogP contribution in [0.4, 0.5) is 27.8 Å². The topological polar surface area (TPSA) is 91.6 Å². The molecule has 122 valence electrons. The highest BCUT2D eigenvalue weighted by Crippen LogP contribution is 2.40. The molecule has 0 saturated carbocycles. The molecule has 0 aliphatic heterocycles. The summed E-state index contributed by atoms with van der Waals surface area (Å²) < 4.78 is 70.5. The summed E-state index contributed by atoms with van der Waals surface area (Å²) in [7, 11) is 0.916. The molecule has 0 saturated heterocycles. The molecule has 1 heterocycles. The molecule has 0 aromatic carbocycles. The molecule has 0 aliphatic carbocycles. The van der Waals surface area contributed by atoms with E-state index in [1.54, 1.807) is 0 Å². The van der Waals surface area contributed by atoms with Gasteiger partial charge in [0.2, 0.25) is 0 Å². The average Bonchev–Trinajstić information content (AvgIpc) is 2.37. The number of carbonyl (C=O) groups excluding carboxylic acids is 1. The van der Waals surface area contributed by atoms with Crippen molar-refractivity contribution in [2.75, 3.05) is 7.11 Å². The number of carbonyl (C=O) groups is 1. The fourth-order valence-corrected chi connectivity index (χ4v) is 1.47. The van der Waals surface area contributed by atoms with Crippen molar-refractivity contribution < 1.29 is 41.1 Å². The first-order chi connectivity index (χ1) is 10.1. The standard InChI is InChI=1S/C10H7F5N2O5/c1-21-5(18)2-4-3-16-9(17(19)20)6(8(11)12)7(4)22-10(13,14)15/h3,8H,2H2,1H3. The number of methoxy groups -OCH3 is 1. The van der Waals surface area contributed by atoms with Crippen molar-refractivity contribution in [2.24, 2.45) is 0 Å². The number of hydrogen-bond acceptors (Lipinski definition) is 6. The van der Waals surface area contributed by atoms with Crippen LogP contribution in [0.3, 0.4) is 0 Å². The summed E-state index contributed by atoms with van der Waals surface area (Å²) >= 11 is 0. The van der Waals surface area contributed by atoms with Crippen LogP contribution in [0.2, 0.25) is 0 Å². The van der Waals surface area contributed by atoms with E-state index >= 15 is 0 Å². The number of nitro groups is 1. The first-order valence-corrected chi connectivity index (χ1v) is 5.33. The van der Waals surface area contributed by atoms with Gasteiger partial charge in [-0.1, -0.05) is 0 Å². The molecular weight excluding hydrogens is 323 g/mol. The van der Waals surface area contributed by atoms with Crippen LogP contribution < -0.4 is 4.74 Å². The maximum Gasteiger partial charge on any atom is 0.573 e. The Morgan fingerprint density at radius 3 is 2.45 bits per heavy atom. The van der Waals surface area contributed by atoms with Crippen molar-refractivity contribution in [1.29, 1.82) is 0 Å². The number of esters is 1. The van der Waals surface area contributed by atoms with E-state index in [4.69, 9.17) is 0 Å². The van der Waals surface area contributed by atoms with Crippen LogP contribution in [-0.2, 0) is 16.0 Å². The van der Waals surface area contributed by atoms with Crippen LogP contribution in [0.15, 0.2) is 6.20 Å². The van der Waals surface area contributed by atoms with Crippen LogP contribution in [0.5, 0.6) is 5.75 Å². The lowest BCUT2D eigenvalue weighted by Gasteiger charge is -2.15. The average molecular weight is 330 g/mol. The Morgan fingerprint density at radius 2 is 2.05 bits per heavy atom. The zero-order valence-corrected chi connectivity index (χ0v) is 10.7. The van der Waals surface area contributed by atoms with Crippen LogP contribution in [-0.4, -0.2) is 29.3 Å². The van der Waals surface area contributed by atoms with E-state index in [0.717, 1.165) is 7.11 Å². The van der Waals surface area contributed by atoms with Crippen molar-refractivity contribution in [3.8, 4) is 5.75 Å². The second-order valence-electron chi connectivity index (χ2n) is 3.71. The SMILES string of the molecule is COC(=O)Cc1cnc([N+](=O)[O-])c(C(F)F)c1OC(F)(F)F. The molecular formula is C10H7F5N2O5. The number of halogens is 5. The monoisotopic (exact) mass is 330 g/mol. The summed E-state index contributed by atoms with van der Waals surface area (Å²) in [5.41, 5.74) is -2.38. The number of pyridine rings is 1. The summed E-state index contributed by atoms with van der Waals surface area (Å²) in [6.07, 6.45) is -9.49. The molecule has 1 rings (SSSR count). The predicted octanol–water partition coefficient (Wildman–Crippen LogP) is 2.54. The third-order valence-corrected chi connectivity index (χ3v) is 2.29. The van der Waals surface area contributed by atoms with E-state index in [9.17, 15) is 36.9 Å². The molecule has 1 aromatic heterocycles. The van der Waals surface area contributed by atoms with Crippen molar-refractivity contribution in [3.05, 3.63) is 27.4 Å². The Kier molecular flexibility index (Phi) is 5.17. The molecule has 1 aromatic rings. The van der Waals surface area contributed by atoms with E-state index in [-0.39, 0.29) is 0 Å². The van der Waals surface area contributed by atoms with E-state index in [1.807, 2.05) is 0 Å². The zero-order valence-electron chi connectivity index (χ0n) is 10.7. The number of hydrogen-bond donors (Lipinski definition) is 0. The van der Waals surface area contributed by atoms with Crippen LogP contribution in [0, 0.1) is 10.1 Å². The Morgan fingerprint density at radius 1 is 1.45 bits per heavy atom. The molecule has 0 bridgehead atoms. The van der Waals surface area contributed by atoms with Gasteiger partial charge in [0.15, 0.2) is 11.3 Å². The second-order valence-corrected chi connectivity index (χ2v) is 3.71. The number of rotatable bonds is 5. The maximum atomic E-state index is 12.9. The molecule has 22 heavy (non-hydrogen) atoms. The van der Waals surface area contributed by atoms with E-state index in [2.05, 4.69) is 14.5 Å². The summed E-state index contributed by atoms with van der Waals surface area (Å²) in [5.74, 6) is -4.10. The van der Waals surface area contributed by atoms with Gasteiger partial charge in [-0.05, 0) is 9.91 Å². The molecule has 0 atom stereocenters. The van der Waals surface area contributed by atoms with Gasteiger partial charge in [-0.3, -0.25) is 4.79 Å². The van der Waals surface area contributed by atoms with Crippen molar-refractivity contribution in [2.45, 2.75) is 19.2 Å². The number of alkyl halides is 5. The third-order valence-electron chi connectivity index (χ3n) is 2.29. The fraction of sp³-hybridized carbons (Fsp3) is 0.400. The van der Waals surface area contributed by atoms with E-state index in [0.29, 0.717) is 6.20 Å². The number of nitrogens with zero attached hydrogens (tertiary/aromatic N) is 2. The van der Waals surface area contributed by atoms with Gasteiger partial charge < -0.3 is 19.6 Å². The van der Waals surface area contributed by atoms with Gasteiger partial charge in [0.1, 0.15) is 6.20 Å². The molecule has 0 unspecified atom stereocenters. The number of aromatic nitrogens is 1. The summed E-state index contributed by atoms with van der Waals surface area (Å²) in [5, 5.41) is 10.6. The molecule has 0 radical (unpaired) electrons. The quantitative estimate of drug-likeness (QED) is 0.357. The first kappa shape index (κ1) is 17.5. The smallest absolute Gasteiger partial charge is 0.469 e. The summed E-state index contributed by atoms with van der Waals surface area (Å²) in [6, 6.07) is 0. The lowest BCUT2D eigenvalue weighted by atomic mass is 10.1. The highest BCUT2D eigenvalue weighted by molar-refractivity contribution is 5.74. The zero-order chi connectivity index (χ0) is 17.1. The Hall–Kier alpha value is -2.53. The van der Waals surface area contributed by atoms with Gasteiger partial charge >= 0.3 is 18.1 Å². The van der Waals surface area contributed by atoms with Crippen LogP contribution in [0.1, 0.15) is 17.6 Å². The maximum absolute atomic E-state index is 12.9. The molecule has 7 nitrogen and oxygen atoms in total. The summed E-state index contributed by atoms with van der Waals surface area (Å²) in [6.45, 7) is 0. The minimum atomic E-state index is -5.40. The Labute approximate surface area is 118 Å². The van der Waals surface area contributed by atoms with Crippen molar-refractivity contribution in [1.82, 2.24) is 4.98 Å². The normalized spacial score (nSPS) is 11.4. The van der Waals surface area contributed by atoms with Crippen LogP contribution >= 0.6 is 0 Å². The van der Waals surface area contributed by atoms with E-state index < -0.39 is 52.8 Å². The van der Waals surface area contributed by atoms with Crippen LogP contribution in [0.25, 0.3) is 0 Å². The highest BCUT2D eigenvalue weighted by Gasteiger charge is 2.39. The highest BCUT2D eigenvalue weighted by atomic mass is 19.4. The lowest BCUT2D eigenvalue weighted by Crippen LogP contribution is -2.21. The fourth-order valence-electron chi connectivity index (χ4n) is 1.47. The van der Waals surface area contributed by atoms with Gasteiger partial charge in [0.05, 0.1) is 19.1 Å². The van der Waals surface area contributed by atoms with Gasteiger partial charge in [0.25, 0.3) is 6.43 Å². The molecule has 0 amide bonds. The minimum Gasteiger partial charge on any atom is -0.469 e. The number of ether oxygens (including phenoxy) is 2. The minimum absolute atomic E-state index is 0.474. The van der Waals surface area contributed by atoms with Gasteiger partial charge in [-0.25, -0.2) is 8.78 Å². The molecule has 0 N–H and O–H groups in total. The van der Waals surface area contributed by atoms with Crippen molar-refractivity contribution in [3.63, 3.8) is 0 Å². The molecule has 0 aliphatic rings. The van der Waals surface area contributed by atoms with Crippen molar-refractivity contribution >= 4 is 11.8 Å². The second kappa shape index (κ2) is 6.49. The van der Waals surface area contributed by atoms with Gasteiger partial charge in [0, 0.05) is 0 Å². The first-order valence-electron chi connectivity index (χ1n) is 5.33. The molecule has 0 spiro atoms. The Bertz CT molecular complexity index is 590. The van der Waals surface area contributed by atoms with E-state index in [1.165, 1.54) is 0 Å². The Balaban J connectivity index is 3.54. The van der Waals surface area contributed by atoms with Gasteiger partial charge in [-0.2, -0.15) is 0 Å². The summed E-state index contributed by atoms with van der Waals surface area (Å²) in [4.78, 5) is 23.4. The largest absolute Gasteiger partial charge is 0.573 e. The predicted molar refractivity (Wildman–Crippen MR) is 58.3 cm³/mol.